The van der Waals surface area contributed by atoms with Crippen LogP contribution in [-0.4, -0.2) is 11.8 Å². The zero-order chi connectivity index (χ0) is 17.6. The second-order valence-corrected chi connectivity index (χ2v) is 6.72. The van der Waals surface area contributed by atoms with Gasteiger partial charge in [-0.25, -0.2) is 8.78 Å². The molecule has 0 unspecified atom stereocenters. The molecule has 0 spiro atoms. The molecular weight excluding hydrogens is 332 g/mol. The van der Waals surface area contributed by atoms with Crippen LogP contribution in [0.15, 0.2) is 30.3 Å². The summed E-state index contributed by atoms with van der Waals surface area (Å²) in [5, 5.41) is 8.17. The first-order valence-corrected chi connectivity index (χ1v) is 7.98. The minimum absolute atomic E-state index is 0.101. The predicted octanol–water partition coefficient (Wildman–Crippen LogP) is 4.69. The minimum Gasteiger partial charge on any atom is -0.398 e. The number of anilines is 1. The van der Waals surface area contributed by atoms with Gasteiger partial charge in [0.2, 0.25) is 5.92 Å². The molecular formula is C18H18ClF2N3. The second kappa shape index (κ2) is 5.74. The molecule has 2 aromatic rings. The van der Waals surface area contributed by atoms with E-state index in [-0.39, 0.29) is 24.6 Å². The Morgan fingerprint density at radius 3 is 2.38 bits per heavy atom. The Labute approximate surface area is 144 Å². The van der Waals surface area contributed by atoms with Crippen molar-refractivity contribution in [2.75, 3.05) is 5.73 Å². The summed E-state index contributed by atoms with van der Waals surface area (Å²) in [6.45, 7) is 1.83. The summed E-state index contributed by atoms with van der Waals surface area (Å²) in [5.41, 5.74) is 15.6. The van der Waals surface area contributed by atoms with Crippen molar-refractivity contribution in [1.82, 2.24) is 0 Å². The van der Waals surface area contributed by atoms with Gasteiger partial charge in [0.1, 0.15) is 5.84 Å². The van der Waals surface area contributed by atoms with E-state index < -0.39 is 5.92 Å². The van der Waals surface area contributed by atoms with E-state index in [0.29, 0.717) is 16.3 Å². The fraction of sp³-hybridized carbons (Fsp3) is 0.278. The Balaban J connectivity index is 1.99. The van der Waals surface area contributed by atoms with E-state index in [1.165, 1.54) is 0 Å². The molecule has 0 heterocycles. The van der Waals surface area contributed by atoms with Gasteiger partial charge in [0, 0.05) is 34.7 Å². The van der Waals surface area contributed by atoms with Crippen LogP contribution in [0.4, 0.5) is 14.5 Å². The summed E-state index contributed by atoms with van der Waals surface area (Å²) < 4.78 is 26.1. The van der Waals surface area contributed by atoms with E-state index in [0.717, 1.165) is 22.3 Å². The van der Waals surface area contributed by atoms with Crippen molar-refractivity contribution < 1.29 is 8.78 Å². The lowest BCUT2D eigenvalue weighted by molar-refractivity contribution is -0.0867. The highest BCUT2D eigenvalue weighted by Crippen LogP contribution is 2.49. The topological polar surface area (TPSA) is 75.9 Å². The van der Waals surface area contributed by atoms with Crippen LogP contribution >= 0.6 is 11.6 Å². The van der Waals surface area contributed by atoms with E-state index in [1.54, 1.807) is 12.1 Å². The maximum atomic E-state index is 13.1. The van der Waals surface area contributed by atoms with Crippen LogP contribution in [0.2, 0.25) is 5.02 Å². The lowest BCUT2D eigenvalue weighted by atomic mass is 9.76. The van der Waals surface area contributed by atoms with Crippen molar-refractivity contribution in [3.05, 3.63) is 52.0 Å². The van der Waals surface area contributed by atoms with Gasteiger partial charge in [-0.3, -0.25) is 5.41 Å². The van der Waals surface area contributed by atoms with Crippen LogP contribution < -0.4 is 11.5 Å². The molecule has 0 aliphatic heterocycles. The molecule has 0 atom stereocenters. The largest absolute Gasteiger partial charge is 0.398 e. The molecule has 1 saturated carbocycles. The summed E-state index contributed by atoms with van der Waals surface area (Å²) in [6, 6.07) is 8.94. The number of rotatable bonds is 3. The Morgan fingerprint density at radius 1 is 1.21 bits per heavy atom. The summed E-state index contributed by atoms with van der Waals surface area (Å²) >= 11 is 6.40. The maximum absolute atomic E-state index is 13.1. The molecule has 1 aliphatic rings. The van der Waals surface area contributed by atoms with Crippen LogP contribution in [-0.2, 0) is 0 Å². The average molecular weight is 350 g/mol. The zero-order valence-corrected chi connectivity index (χ0v) is 13.9. The molecule has 5 N–H and O–H groups in total. The predicted molar refractivity (Wildman–Crippen MR) is 94.0 cm³/mol. The summed E-state index contributed by atoms with van der Waals surface area (Å²) in [5.74, 6) is -2.80. The molecule has 0 amide bonds. The van der Waals surface area contributed by atoms with Gasteiger partial charge in [-0.05, 0) is 41.7 Å². The van der Waals surface area contributed by atoms with Crippen LogP contribution in [0, 0.1) is 12.3 Å². The Morgan fingerprint density at radius 2 is 1.83 bits per heavy atom. The van der Waals surface area contributed by atoms with Crippen molar-refractivity contribution in [1.29, 1.82) is 5.41 Å². The third-order valence-electron chi connectivity index (χ3n) is 4.61. The van der Waals surface area contributed by atoms with Gasteiger partial charge >= 0.3 is 0 Å². The first-order chi connectivity index (χ1) is 11.2. The van der Waals surface area contributed by atoms with Crippen molar-refractivity contribution in [3.63, 3.8) is 0 Å². The highest BCUT2D eigenvalue weighted by atomic mass is 35.5. The number of halogens is 3. The van der Waals surface area contributed by atoms with Gasteiger partial charge in [-0.15, -0.1) is 0 Å². The van der Waals surface area contributed by atoms with Crippen LogP contribution in [0.1, 0.15) is 35.4 Å². The number of benzene rings is 2. The number of amidine groups is 1. The molecule has 24 heavy (non-hydrogen) atoms. The molecule has 6 heteroatoms. The van der Waals surface area contributed by atoms with E-state index in [9.17, 15) is 8.78 Å². The second-order valence-electron chi connectivity index (χ2n) is 6.32. The normalized spacial score (nSPS) is 16.7. The minimum atomic E-state index is -2.56. The van der Waals surface area contributed by atoms with Crippen molar-refractivity contribution in [2.45, 2.75) is 31.6 Å². The Hall–Kier alpha value is -2.14. The molecule has 1 fully saturated rings. The van der Waals surface area contributed by atoms with Crippen LogP contribution in [0.25, 0.3) is 11.1 Å². The third-order valence-corrected chi connectivity index (χ3v) is 4.92. The quantitative estimate of drug-likeness (QED) is 0.427. The highest BCUT2D eigenvalue weighted by Gasteiger charge is 2.45. The van der Waals surface area contributed by atoms with E-state index >= 15 is 0 Å². The van der Waals surface area contributed by atoms with Crippen molar-refractivity contribution >= 4 is 23.1 Å². The molecule has 0 aromatic heterocycles. The number of nitrogens with one attached hydrogen (secondary N) is 1. The van der Waals surface area contributed by atoms with Crippen LogP contribution in [0.5, 0.6) is 0 Å². The van der Waals surface area contributed by atoms with Gasteiger partial charge in [-0.1, -0.05) is 29.8 Å². The van der Waals surface area contributed by atoms with Gasteiger partial charge in [0.05, 0.1) is 0 Å². The number of nitrogen functional groups attached to an aromatic ring is 2. The molecule has 3 rings (SSSR count). The molecule has 1 aliphatic carbocycles. The fourth-order valence-electron chi connectivity index (χ4n) is 3.28. The van der Waals surface area contributed by atoms with Crippen LogP contribution in [0.3, 0.4) is 0 Å². The summed E-state index contributed by atoms with van der Waals surface area (Å²) in [7, 11) is 0. The van der Waals surface area contributed by atoms with Gasteiger partial charge < -0.3 is 11.5 Å². The number of alkyl halides is 2. The molecule has 126 valence electrons. The number of hydrogen-bond acceptors (Lipinski definition) is 2. The van der Waals surface area contributed by atoms with Gasteiger partial charge in [0.25, 0.3) is 0 Å². The molecule has 3 nitrogen and oxygen atoms in total. The monoisotopic (exact) mass is 349 g/mol. The number of nitrogens with two attached hydrogens (primary N) is 2. The van der Waals surface area contributed by atoms with E-state index in [4.69, 9.17) is 28.5 Å². The average Bonchev–Trinajstić information content (AvgIpc) is 2.45. The Kier molecular flexibility index (Phi) is 4.00. The molecule has 0 saturated heterocycles. The molecule has 0 radical (unpaired) electrons. The van der Waals surface area contributed by atoms with E-state index in [2.05, 4.69) is 0 Å². The maximum Gasteiger partial charge on any atom is 0.249 e. The zero-order valence-electron chi connectivity index (χ0n) is 13.2. The fourth-order valence-corrected chi connectivity index (χ4v) is 3.57. The first-order valence-electron chi connectivity index (χ1n) is 7.61. The summed E-state index contributed by atoms with van der Waals surface area (Å²) in [4.78, 5) is 0. The lowest BCUT2D eigenvalue weighted by Crippen LogP contribution is -2.33. The Bertz CT molecular complexity index is 825. The van der Waals surface area contributed by atoms with Gasteiger partial charge in [0.15, 0.2) is 0 Å². The first kappa shape index (κ1) is 16.7. The van der Waals surface area contributed by atoms with Crippen molar-refractivity contribution in [2.24, 2.45) is 5.73 Å². The standard InChI is InChI=1S/C18H18ClF2N3/c1-9-12(4-5-15(22)16(9)17(23)24)13-3-2-10(6-14(13)19)11-7-18(20,21)8-11/h2-6,11H,7-8,22H2,1H3,(H3,23,24). The molecule has 0 bridgehead atoms. The SMILES string of the molecule is Cc1c(-c2ccc(C3CC(F)(F)C3)cc2Cl)ccc(N)c1C(=N)N. The smallest absolute Gasteiger partial charge is 0.249 e. The van der Waals surface area contributed by atoms with Crippen molar-refractivity contribution in [3.8, 4) is 11.1 Å². The molecule has 2 aromatic carbocycles. The summed E-state index contributed by atoms with van der Waals surface area (Å²) in [6.07, 6.45) is -0.254. The highest BCUT2D eigenvalue weighted by molar-refractivity contribution is 6.33. The lowest BCUT2D eigenvalue weighted by Gasteiger charge is -2.35. The van der Waals surface area contributed by atoms with Gasteiger partial charge in [-0.2, -0.15) is 0 Å². The van der Waals surface area contributed by atoms with E-state index in [1.807, 2.05) is 25.1 Å². The number of hydrogen-bond donors (Lipinski definition) is 3. The third kappa shape index (κ3) is 2.84.